The SMILES string of the molecule is CCOc1cccc(/C(O)=C2\C(=O)C(=O)N(CCCOC)C2c2ccc(I)cc2)c1. The standard InChI is InChI=1S/C23H24INO5/c1-3-30-18-7-4-6-16(14-18)21(26)19-20(15-8-10-17(24)11-9-15)25(12-5-13-29-2)23(28)22(19)27/h4,6-11,14,20,26H,3,5,12-13H2,1-2H3/b21-19+. The van der Waals surface area contributed by atoms with Gasteiger partial charge in [0.1, 0.15) is 11.5 Å². The lowest BCUT2D eigenvalue weighted by molar-refractivity contribution is -0.140. The number of halogens is 1. The van der Waals surface area contributed by atoms with E-state index in [9.17, 15) is 14.7 Å². The topological polar surface area (TPSA) is 76.1 Å². The lowest BCUT2D eigenvalue weighted by Gasteiger charge is -2.25. The summed E-state index contributed by atoms with van der Waals surface area (Å²) in [5.74, 6) is -0.915. The molecule has 2 aromatic carbocycles. The van der Waals surface area contributed by atoms with E-state index in [1.165, 1.54) is 4.90 Å². The van der Waals surface area contributed by atoms with Crippen LogP contribution in [0.25, 0.3) is 5.76 Å². The van der Waals surface area contributed by atoms with Crippen molar-refractivity contribution in [2.75, 3.05) is 26.9 Å². The Hall–Kier alpha value is -2.39. The first-order chi connectivity index (χ1) is 14.5. The Morgan fingerprint density at radius 2 is 1.90 bits per heavy atom. The van der Waals surface area contributed by atoms with Gasteiger partial charge in [-0.15, -0.1) is 0 Å². The van der Waals surface area contributed by atoms with Crippen molar-refractivity contribution in [3.8, 4) is 5.75 Å². The van der Waals surface area contributed by atoms with Gasteiger partial charge in [0.05, 0.1) is 18.2 Å². The maximum Gasteiger partial charge on any atom is 0.295 e. The normalized spacial score (nSPS) is 18.1. The van der Waals surface area contributed by atoms with E-state index in [-0.39, 0.29) is 11.3 Å². The molecule has 0 radical (unpaired) electrons. The number of ketones is 1. The number of Topliss-reactive ketones (excluding diaryl/α,β-unsaturated/α-hetero) is 1. The number of nitrogens with zero attached hydrogens (tertiary/aromatic N) is 1. The molecule has 1 fully saturated rings. The molecular formula is C23H24INO5. The van der Waals surface area contributed by atoms with E-state index in [0.717, 1.165) is 9.13 Å². The Morgan fingerprint density at radius 3 is 2.57 bits per heavy atom. The van der Waals surface area contributed by atoms with Crippen molar-refractivity contribution in [2.24, 2.45) is 0 Å². The molecule has 1 unspecified atom stereocenters. The highest BCUT2D eigenvalue weighted by atomic mass is 127. The summed E-state index contributed by atoms with van der Waals surface area (Å²) >= 11 is 2.20. The van der Waals surface area contributed by atoms with Crippen LogP contribution in [0.2, 0.25) is 0 Å². The van der Waals surface area contributed by atoms with Crippen LogP contribution in [0.5, 0.6) is 5.75 Å². The number of benzene rings is 2. The predicted molar refractivity (Wildman–Crippen MR) is 122 cm³/mol. The largest absolute Gasteiger partial charge is 0.507 e. The smallest absolute Gasteiger partial charge is 0.295 e. The van der Waals surface area contributed by atoms with E-state index in [1.807, 2.05) is 31.2 Å². The average Bonchev–Trinajstić information content (AvgIpc) is 2.99. The summed E-state index contributed by atoms with van der Waals surface area (Å²) < 4.78 is 11.6. The van der Waals surface area contributed by atoms with E-state index in [1.54, 1.807) is 31.4 Å². The number of carbonyl (C=O) groups is 2. The zero-order valence-electron chi connectivity index (χ0n) is 16.9. The predicted octanol–water partition coefficient (Wildman–Crippen LogP) is 4.15. The Balaban J connectivity index is 2.10. The van der Waals surface area contributed by atoms with Gasteiger partial charge in [-0.25, -0.2) is 0 Å². The highest BCUT2D eigenvalue weighted by molar-refractivity contribution is 14.1. The Labute approximate surface area is 189 Å². The third kappa shape index (κ3) is 4.67. The molecule has 1 N–H and O–H groups in total. The van der Waals surface area contributed by atoms with Crippen molar-refractivity contribution < 1.29 is 24.2 Å². The summed E-state index contributed by atoms with van der Waals surface area (Å²) in [7, 11) is 1.59. The molecule has 1 atom stereocenters. The summed E-state index contributed by atoms with van der Waals surface area (Å²) in [4.78, 5) is 27.3. The first-order valence-corrected chi connectivity index (χ1v) is 10.8. The number of aliphatic hydroxyl groups is 1. The zero-order valence-corrected chi connectivity index (χ0v) is 19.1. The second-order valence-corrected chi connectivity index (χ2v) is 8.10. The van der Waals surface area contributed by atoms with E-state index >= 15 is 0 Å². The number of likely N-dealkylation sites (tertiary alicyclic amines) is 1. The van der Waals surface area contributed by atoms with Gasteiger partial charge >= 0.3 is 0 Å². The monoisotopic (exact) mass is 521 g/mol. The van der Waals surface area contributed by atoms with Crippen LogP contribution in [0.15, 0.2) is 54.1 Å². The molecule has 1 amide bonds. The number of hydrogen-bond donors (Lipinski definition) is 1. The molecule has 0 bridgehead atoms. The van der Waals surface area contributed by atoms with Crippen molar-refractivity contribution in [3.63, 3.8) is 0 Å². The maximum absolute atomic E-state index is 13.0. The molecule has 1 aliphatic heterocycles. The van der Waals surface area contributed by atoms with E-state index < -0.39 is 17.7 Å². The summed E-state index contributed by atoms with van der Waals surface area (Å²) in [6.45, 7) is 3.18. The number of rotatable bonds is 8. The van der Waals surface area contributed by atoms with Crippen LogP contribution in [0, 0.1) is 3.57 Å². The summed E-state index contributed by atoms with van der Waals surface area (Å²) in [6, 6.07) is 13.8. The molecule has 0 spiro atoms. The maximum atomic E-state index is 13.0. The zero-order chi connectivity index (χ0) is 21.7. The van der Waals surface area contributed by atoms with Gasteiger partial charge in [0.25, 0.3) is 11.7 Å². The number of aliphatic hydroxyl groups excluding tert-OH is 1. The van der Waals surface area contributed by atoms with Crippen molar-refractivity contribution >= 4 is 40.0 Å². The van der Waals surface area contributed by atoms with E-state index in [4.69, 9.17) is 9.47 Å². The Morgan fingerprint density at radius 1 is 1.17 bits per heavy atom. The number of amides is 1. The van der Waals surface area contributed by atoms with Crippen LogP contribution in [0.3, 0.4) is 0 Å². The highest BCUT2D eigenvalue weighted by Gasteiger charge is 2.45. The van der Waals surface area contributed by atoms with Crippen molar-refractivity contribution in [1.29, 1.82) is 0 Å². The summed E-state index contributed by atoms with van der Waals surface area (Å²) in [6.07, 6.45) is 0.588. The molecule has 158 valence electrons. The lowest BCUT2D eigenvalue weighted by Crippen LogP contribution is -2.31. The Kier molecular flexibility index (Phi) is 7.49. The molecule has 0 aliphatic carbocycles. The minimum absolute atomic E-state index is 0.0901. The van der Waals surface area contributed by atoms with Crippen LogP contribution in [-0.4, -0.2) is 48.6 Å². The van der Waals surface area contributed by atoms with Crippen molar-refractivity contribution in [3.05, 3.63) is 68.8 Å². The number of hydrogen-bond acceptors (Lipinski definition) is 5. The second kappa shape index (κ2) is 10.1. The molecule has 1 aliphatic rings. The molecule has 1 heterocycles. The minimum Gasteiger partial charge on any atom is -0.507 e. The van der Waals surface area contributed by atoms with Gasteiger partial charge in [-0.3, -0.25) is 9.59 Å². The Bertz CT molecular complexity index is 954. The first-order valence-electron chi connectivity index (χ1n) is 9.74. The second-order valence-electron chi connectivity index (χ2n) is 6.85. The van der Waals surface area contributed by atoms with Crippen molar-refractivity contribution in [1.82, 2.24) is 4.90 Å². The molecule has 2 aromatic rings. The molecule has 0 aromatic heterocycles. The van der Waals surface area contributed by atoms with Gasteiger partial charge in [0, 0.05) is 29.4 Å². The molecule has 1 saturated heterocycles. The molecule has 0 saturated carbocycles. The number of ether oxygens (including phenoxy) is 2. The fourth-order valence-electron chi connectivity index (χ4n) is 3.54. The van der Waals surface area contributed by atoms with E-state index in [2.05, 4.69) is 22.6 Å². The van der Waals surface area contributed by atoms with Gasteiger partial charge < -0.3 is 19.5 Å². The van der Waals surface area contributed by atoms with Crippen LogP contribution in [-0.2, 0) is 14.3 Å². The fraction of sp³-hybridized carbons (Fsp3) is 0.304. The third-order valence-electron chi connectivity index (χ3n) is 4.89. The third-order valence-corrected chi connectivity index (χ3v) is 5.61. The number of carbonyl (C=O) groups excluding carboxylic acids is 2. The van der Waals surface area contributed by atoms with Crippen LogP contribution >= 0.6 is 22.6 Å². The fourth-order valence-corrected chi connectivity index (χ4v) is 3.90. The lowest BCUT2D eigenvalue weighted by atomic mass is 9.95. The number of methoxy groups -OCH3 is 1. The van der Waals surface area contributed by atoms with Gasteiger partial charge in [-0.05, 0) is 65.8 Å². The molecule has 7 heteroatoms. The van der Waals surface area contributed by atoms with Crippen molar-refractivity contribution in [2.45, 2.75) is 19.4 Å². The molecular weight excluding hydrogens is 497 g/mol. The van der Waals surface area contributed by atoms with Gasteiger partial charge in [0.15, 0.2) is 0 Å². The van der Waals surface area contributed by atoms with Crippen LogP contribution < -0.4 is 4.74 Å². The molecule has 6 nitrogen and oxygen atoms in total. The van der Waals surface area contributed by atoms with Crippen LogP contribution in [0.1, 0.15) is 30.5 Å². The van der Waals surface area contributed by atoms with Gasteiger partial charge in [0.2, 0.25) is 0 Å². The highest BCUT2D eigenvalue weighted by Crippen LogP contribution is 2.39. The average molecular weight is 521 g/mol. The van der Waals surface area contributed by atoms with Gasteiger partial charge in [-0.2, -0.15) is 0 Å². The first kappa shape index (κ1) is 22.3. The summed E-state index contributed by atoms with van der Waals surface area (Å²) in [5.41, 5.74) is 1.30. The van der Waals surface area contributed by atoms with Crippen LogP contribution in [0.4, 0.5) is 0 Å². The summed E-state index contributed by atoms with van der Waals surface area (Å²) in [5, 5.41) is 11.1. The molecule has 3 rings (SSSR count). The quantitative estimate of drug-likeness (QED) is 0.186. The minimum atomic E-state index is -0.685. The van der Waals surface area contributed by atoms with Gasteiger partial charge in [-0.1, -0.05) is 24.3 Å². The van der Waals surface area contributed by atoms with E-state index in [0.29, 0.717) is 37.5 Å². The molecule has 30 heavy (non-hydrogen) atoms.